The van der Waals surface area contributed by atoms with Crippen molar-refractivity contribution in [1.29, 1.82) is 0 Å². The summed E-state index contributed by atoms with van der Waals surface area (Å²) in [5.41, 5.74) is 10.2. The average molecular weight is 277 g/mol. The van der Waals surface area contributed by atoms with Crippen molar-refractivity contribution < 1.29 is 0 Å². The molecule has 3 N–H and O–H groups in total. The van der Waals surface area contributed by atoms with Crippen LogP contribution in [0.5, 0.6) is 0 Å². The van der Waals surface area contributed by atoms with E-state index in [2.05, 4.69) is 48.4 Å². The van der Waals surface area contributed by atoms with E-state index in [1.165, 1.54) is 5.56 Å². The maximum atomic E-state index is 6.02. The maximum Gasteiger partial charge on any atom is 0.0481 e. The van der Waals surface area contributed by atoms with Gasteiger partial charge in [0, 0.05) is 40.2 Å². The molecule has 3 nitrogen and oxygen atoms in total. The van der Waals surface area contributed by atoms with E-state index in [4.69, 9.17) is 5.73 Å². The molecule has 1 aromatic heterocycles. The number of anilines is 3. The number of fused-ring (bicyclic) bond motifs is 1. The van der Waals surface area contributed by atoms with Gasteiger partial charge in [-0.05, 0) is 41.8 Å². The SMILES string of the molecule is CC(C)c1ccc(Nc2ccc(N)c3ccncc23)cc1. The van der Waals surface area contributed by atoms with Gasteiger partial charge in [-0.25, -0.2) is 0 Å². The standard InChI is InChI=1S/C18H19N3/c1-12(2)13-3-5-14(6-4-13)21-18-8-7-17(19)15-9-10-20-11-16(15)18/h3-12,21H,19H2,1-2H3. The Labute approximate surface area is 124 Å². The van der Waals surface area contributed by atoms with Crippen LogP contribution in [0.1, 0.15) is 25.3 Å². The quantitative estimate of drug-likeness (QED) is 0.683. The van der Waals surface area contributed by atoms with Gasteiger partial charge in [0.15, 0.2) is 0 Å². The molecule has 0 bridgehead atoms. The van der Waals surface area contributed by atoms with Crippen molar-refractivity contribution in [2.45, 2.75) is 19.8 Å². The first-order valence-corrected chi connectivity index (χ1v) is 7.14. The van der Waals surface area contributed by atoms with Crippen molar-refractivity contribution in [1.82, 2.24) is 4.98 Å². The van der Waals surface area contributed by atoms with Crippen LogP contribution < -0.4 is 11.1 Å². The van der Waals surface area contributed by atoms with E-state index in [9.17, 15) is 0 Å². The topological polar surface area (TPSA) is 50.9 Å². The molecule has 0 fully saturated rings. The molecule has 0 saturated carbocycles. The first kappa shape index (κ1) is 13.4. The molecule has 106 valence electrons. The zero-order valence-electron chi connectivity index (χ0n) is 12.3. The third-order valence-electron chi connectivity index (χ3n) is 3.71. The Morgan fingerprint density at radius 2 is 1.71 bits per heavy atom. The lowest BCUT2D eigenvalue weighted by molar-refractivity contribution is 0.867. The number of benzene rings is 2. The number of pyridine rings is 1. The van der Waals surface area contributed by atoms with Gasteiger partial charge < -0.3 is 11.1 Å². The zero-order chi connectivity index (χ0) is 14.8. The summed E-state index contributed by atoms with van der Waals surface area (Å²) in [4.78, 5) is 4.20. The average Bonchev–Trinajstić information content (AvgIpc) is 2.51. The van der Waals surface area contributed by atoms with Gasteiger partial charge in [-0.1, -0.05) is 26.0 Å². The second kappa shape index (κ2) is 5.44. The van der Waals surface area contributed by atoms with Crippen LogP contribution in [0.3, 0.4) is 0 Å². The fraction of sp³-hybridized carbons (Fsp3) is 0.167. The molecule has 1 heterocycles. The van der Waals surface area contributed by atoms with Gasteiger partial charge in [0.25, 0.3) is 0 Å². The van der Waals surface area contributed by atoms with Crippen molar-refractivity contribution in [3.05, 3.63) is 60.4 Å². The highest BCUT2D eigenvalue weighted by Crippen LogP contribution is 2.30. The molecule has 3 heteroatoms. The molecule has 0 spiro atoms. The van der Waals surface area contributed by atoms with Crippen LogP contribution in [0.2, 0.25) is 0 Å². The number of hydrogen-bond acceptors (Lipinski definition) is 3. The number of nitrogens with two attached hydrogens (primary N) is 1. The fourth-order valence-corrected chi connectivity index (χ4v) is 2.43. The summed E-state index contributed by atoms with van der Waals surface area (Å²) >= 11 is 0. The van der Waals surface area contributed by atoms with Crippen LogP contribution in [-0.2, 0) is 0 Å². The number of rotatable bonds is 3. The van der Waals surface area contributed by atoms with Gasteiger partial charge in [-0.15, -0.1) is 0 Å². The van der Waals surface area contributed by atoms with Crippen molar-refractivity contribution in [2.75, 3.05) is 11.1 Å². The normalized spacial score (nSPS) is 11.0. The molecule has 3 rings (SSSR count). The molecule has 0 atom stereocenters. The van der Waals surface area contributed by atoms with Crippen LogP contribution in [0, 0.1) is 0 Å². The smallest absolute Gasteiger partial charge is 0.0481 e. The first-order valence-electron chi connectivity index (χ1n) is 7.14. The summed E-state index contributed by atoms with van der Waals surface area (Å²) in [5, 5.41) is 5.50. The predicted octanol–water partition coefficient (Wildman–Crippen LogP) is 4.68. The minimum Gasteiger partial charge on any atom is -0.398 e. The Balaban J connectivity index is 1.96. The molecule has 0 radical (unpaired) electrons. The summed E-state index contributed by atoms with van der Waals surface area (Å²) in [6.45, 7) is 4.39. The van der Waals surface area contributed by atoms with E-state index in [1.54, 1.807) is 6.20 Å². The second-order valence-corrected chi connectivity index (χ2v) is 5.53. The fourth-order valence-electron chi connectivity index (χ4n) is 2.43. The predicted molar refractivity (Wildman–Crippen MR) is 90.0 cm³/mol. The Hall–Kier alpha value is -2.55. The van der Waals surface area contributed by atoms with Gasteiger partial charge in [0.2, 0.25) is 0 Å². The minimum absolute atomic E-state index is 0.542. The summed E-state index contributed by atoms with van der Waals surface area (Å²) < 4.78 is 0. The van der Waals surface area contributed by atoms with E-state index in [0.29, 0.717) is 5.92 Å². The highest BCUT2D eigenvalue weighted by molar-refractivity contribution is 6.01. The minimum atomic E-state index is 0.542. The molecule has 21 heavy (non-hydrogen) atoms. The Kier molecular flexibility index (Phi) is 3.48. The Morgan fingerprint density at radius 3 is 2.43 bits per heavy atom. The number of aromatic nitrogens is 1. The van der Waals surface area contributed by atoms with Crippen molar-refractivity contribution >= 4 is 27.8 Å². The number of nitrogen functional groups attached to an aromatic ring is 1. The van der Waals surface area contributed by atoms with Crippen molar-refractivity contribution in [3.8, 4) is 0 Å². The summed E-state index contributed by atoms with van der Waals surface area (Å²) in [6, 6.07) is 14.4. The molecule has 0 unspecified atom stereocenters. The van der Waals surface area contributed by atoms with Crippen LogP contribution in [0.25, 0.3) is 10.8 Å². The van der Waals surface area contributed by atoms with Crippen LogP contribution >= 0.6 is 0 Å². The van der Waals surface area contributed by atoms with Gasteiger partial charge in [0.1, 0.15) is 0 Å². The lowest BCUT2D eigenvalue weighted by atomic mass is 10.0. The van der Waals surface area contributed by atoms with E-state index < -0.39 is 0 Å². The monoisotopic (exact) mass is 277 g/mol. The Bertz CT molecular complexity index is 761. The van der Waals surface area contributed by atoms with Crippen LogP contribution in [0.15, 0.2) is 54.9 Å². The number of nitrogens with zero attached hydrogens (tertiary/aromatic N) is 1. The molecule has 0 saturated heterocycles. The van der Waals surface area contributed by atoms with E-state index in [1.807, 2.05) is 24.4 Å². The van der Waals surface area contributed by atoms with Gasteiger partial charge in [-0.3, -0.25) is 4.98 Å². The van der Waals surface area contributed by atoms with E-state index in [-0.39, 0.29) is 0 Å². The van der Waals surface area contributed by atoms with E-state index >= 15 is 0 Å². The number of hydrogen-bond donors (Lipinski definition) is 2. The Morgan fingerprint density at radius 1 is 0.952 bits per heavy atom. The van der Waals surface area contributed by atoms with Crippen molar-refractivity contribution in [3.63, 3.8) is 0 Å². The molecular formula is C18H19N3. The van der Waals surface area contributed by atoms with Gasteiger partial charge in [-0.2, -0.15) is 0 Å². The van der Waals surface area contributed by atoms with Crippen molar-refractivity contribution in [2.24, 2.45) is 0 Å². The van der Waals surface area contributed by atoms with Gasteiger partial charge in [0.05, 0.1) is 0 Å². The number of nitrogens with one attached hydrogen (secondary N) is 1. The molecule has 0 aliphatic rings. The highest BCUT2D eigenvalue weighted by atomic mass is 14.9. The third kappa shape index (κ3) is 2.68. The highest BCUT2D eigenvalue weighted by Gasteiger charge is 2.05. The molecule has 0 aliphatic carbocycles. The first-order chi connectivity index (χ1) is 10.1. The summed E-state index contributed by atoms with van der Waals surface area (Å²) in [6.07, 6.45) is 3.61. The molecular weight excluding hydrogens is 258 g/mol. The second-order valence-electron chi connectivity index (χ2n) is 5.53. The zero-order valence-corrected chi connectivity index (χ0v) is 12.3. The summed E-state index contributed by atoms with van der Waals surface area (Å²) in [5.74, 6) is 0.542. The lowest BCUT2D eigenvalue weighted by Gasteiger charge is -2.12. The third-order valence-corrected chi connectivity index (χ3v) is 3.71. The lowest BCUT2D eigenvalue weighted by Crippen LogP contribution is -1.95. The molecule has 3 aromatic rings. The molecule has 0 amide bonds. The maximum absolute atomic E-state index is 6.02. The molecule has 0 aliphatic heterocycles. The molecule has 2 aromatic carbocycles. The van der Waals surface area contributed by atoms with Crippen LogP contribution in [0.4, 0.5) is 17.1 Å². The van der Waals surface area contributed by atoms with E-state index in [0.717, 1.165) is 27.8 Å². The largest absolute Gasteiger partial charge is 0.398 e. The summed E-state index contributed by atoms with van der Waals surface area (Å²) in [7, 11) is 0. The van der Waals surface area contributed by atoms with Gasteiger partial charge >= 0.3 is 0 Å². The van der Waals surface area contributed by atoms with Crippen LogP contribution in [-0.4, -0.2) is 4.98 Å².